The SMILES string of the molecule is CCOc1cc(C=O)ccc1O[C@H](C)C(=O)N[C@H]1CCC[C@H](C)[C@@H]1C. The zero-order chi connectivity index (χ0) is 18.4. The summed E-state index contributed by atoms with van der Waals surface area (Å²) in [7, 11) is 0. The molecule has 2 rings (SSSR count). The van der Waals surface area contributed by atoms with Gasteiger partial charge in [-0.05, 0) is 50.3 Å². The summed E-state index contributed by atoms with van der Waals surface area (Å²) < 4.78 is 11.3. The first-order valence-electron chi connectivity index (χ1n) is 9.15. The maximum Gasteiger partial charge on any atom is 0.261 e. The smallest absolute Gasteiger partial charge is 0.261 e. The Morgan fingerprint density at radius 3 is 2.76 bits per heavy atom. The van der Waals surface area contributed by atoms with Crippen LogP contribution >= 0.6 is 0 Å². The number of hydrogen-bond acceptors (Lipinski definition) is 4. The number of rotatable bonds is 7. The van der Waals surface area contributed by atoms with Gasteiger partial charge >= 0.3 is 0 Å². The van der Waals surface area contributed by atoms with Gasteiger partial charge in [-0.2, -0.15) is 0 Å². The van der Waals surface area contributed by atoms with Crippen LogP contribution in [0.1, 0.15) is 57.3 Å². The number of ether oxygens (including phenoxy) is 2. The van der Waals surface area contributed by atoms with Crippen molar-refractivity contribution in [1.29, 1.82) is 0 Å². The number of hydrogen-bond donors (Lipinski definition) is 1. The Hall–Kier alpha value is -2.04. The van der Waals surface area contributed by atoms with Crippen LogP contribution in [-0.4, -0.2) is 30.9 Å². The maximum absolute atomic E-state index is 12.5. The van der Waals surface area contributed by atoms with E-state index < -0.39 is 6.10 Å². The van der Waals surface area contributed by atoms with Crippen LogP contribution in [0, 0.1) is 11.8 Å². The van der Waals surface area contributed by atoms with E-state index in [-0.39, 0.29) is 11.9 Å². The van der Waals surface area contributed by atoms with Gasteiger partial charge in [0.2, 0.25) is 0 Å². The Labute approximate surface area is 150 Å². The van der Waals surface area contributed by atoms with Crippen LogP contribution in [0.4, 0.5) is 0 Å². The van der Waals surface area contributed by atoms with Gasteiger partial charge in [0, 0.05) is 11.6 Å². The van der Waals surface area contributed by atoms with Crippen LogP contribution in [0.25, 0.3) is 0 Å². The fourth-order valence-corrected chi connectivity index (χ4v) is 3.29. The molecule has 0 bridgehead atoms. The van der Waals surface area contributed by atoms with Crippen LogP contribution in [0.3, 0.4) is 0 Å². The first-order valence-corrected chi connectivity index (χ1v) is 9.15. The zero-order valence-corrected chi connectivity index (χ0v) is 15.6. The number of nitrogens with one attached hydrogen (secondary N) is 1. The lowest BCUT2D eigenvalue weighted by molar-refractivity contribution is -0.128. The quantitative estimate of drug-likeness (QED) is 0.765. The van der Waals surface area contributed by atoms with Gasteiger partial charge in [0.25, 0.3) is 5.91 Å². The fourth-order valence-electron chi connectivity index (χ4n) is 3.29. The molecule has 1 aromatic carbocycles. The molecule has 0 spiro atoms. The van der Waals surface area contributed by atoms with Gasteiger partial charge in [0.15, 0.2) is 17.6 Å². The molecule has 0 aliphatic heterocycles. The molecule has 5 nitrogen and oxygen atoms in total. The van der Waals surface area contributed by atoms with Gasteiger partial charge in [0.1, 0.15) is 6.29 Å². The van der Waals surface area contributed by atoms with Crippen LogP contribution < -0.4 is 14.8 Å². The summed E-state index contributed by atoms with van der Waals surface area (Å²) in [5, 5.41) is 3.13. The van der Waals surface area contributed by atoms with Crippen molar-refractivity contribution < 1.29 is 19.1 Å². The van der Waals surface area contributed by atoms with Gasteiger partial charge in [-0.3, -0.25) is 9.59 Å². The molecule has 1 amide bonds. The van der Waals surface area contributed by atoms with Crippen molar-refractivity contribution in [1.82, 2.24) is 5.32 Å². The highest BCUT2D eigenvalue weighted by Gasteiger charge is 2.29. The number of aldehydes is 1. The highest BCUT2D eigenvalue weighted by Crippen LogP contribution is 2.31. The Balaban J connectivity index is 2.02. The van der Waals surface area contributed by atoms with Crippen LogP contribution in [-0.2, 0) is 4.79 Å². The van der Waals surface area contributed by atoms with Crippen LogP contribution in [0.5, 0.6) is 11.5 Å². The minimum absolute atomic E-state index is 0.118. The topological polar surface area (TPSA) is 64.6 Å². The van der Waals surface area contributed by atoms with Crippen molar-refractivity contribution in [2.75, 3.05) is 6.61 Å². The van der Waals surface area contributed by atoms with E-state index in [4.69, 9.17) is 9.47 Å². The van der Waals surface area contributed by atoms with Gasteiger partial charge in [-0.15, -0.1) is 0 Å². The molecule has 5 heteroatoms. The number of carbonyl (C=O) groups is 2. The molecular formula is C20H29NO4. The third-order valence-corrected chi connectivity index (χ3v) is 5.11. The van der Waals surface area contributed by atoms with Crippen molar-refractivity contribution in [2.24, 2.45) is 11.8 Å². The standard InChI is InChI=1S/C20H29NO4/c1-5-24-19-11-16(12-22)9-10-18(19)25-15(4)20(23)21-17-8-6-7-13(2)14(17)3/h9-15,17H,5-8H2,1-4H3,(H,21,23)/t13-,14-,15+,17-/m0/s1. The average molecular weight is 347 g/mol. The van der Waals surface area contributed by atoms with Crippen molar-refractivity contribution in [3.05, 3.63) is 23.8 Å². The first-order chi connectivity index (χ1) is 12.0. The summed E-state index contributed by atoms with van der Waals surface area (Å²) >= 11 is 0. The molecule has 4 atom stereocenters. The predicted octanol–water partition coefficient (Wildman–Crippen LogP) is 3.61. The van der Waals surface area contributed by atoms with Crippen molar-refractivity contribution in [3.8, 4) is 11.5 Å². The normalized spacial score (nSPS) is 24.2. The van der Waals surface area contributed by atoms with Crippen molar-refractivity contribution >= 4 is 12.2 Å². The molecule has 0 saturated heterocycles. The van der Waals surface area contributed by atoms with E-state index in [0.29, 0.717) is 35.5 Å². The Kier molecular flexibility index (Phi) is 6.85. The lowest BCUT2D eigenvalue weighted by Crippen LogP contribution is -2.48. The van der Waals surface area contributed by atoms with Gasteiger partial charge in [0.05, 0.1) is 6.61 Å². The molecule has 0 heterocycles. The molecule has 138 valence electrons. The second-order valence-corrected chi connectivity index (χ2v) is 6.90. The highest BCUT2D eigenvalue weighted by atomic mass is 16.5. The molecular weight excluding hydrogens is 318 g/mol. The van der Waals surface area contributed by atoms with Crippen molar-refractivity contribution in [2.45, 2.75) is 59.1 Å². The van der Waals surface area contributed by atoms with Gasteiger partial charge in [-0.25, -0.2) is 0 Å². The van der Waals surface area contributed by atoms with Crippen LogP contribution in [0.2, 0.25) is 0 Å². The second kappa shape index (κ2) is 8.88. The summed E-state index contributed by atoms with van der Waals surface area (Å²) in [6.45, 7) is 8.49. The van der Waals surface area contributed by atoms with Crippen molar-refractivity contribution in [3.63, 3.8) is 0 Å². The van der Waals surface area contributed by atoms with E-state index in [9.17, 15) is 9.59 Å². The van der Waals surface area contributed by atoms with E-state index >= 15 is 0 Å². The number of carbonyl (C=O) groups excluding carboxylic acids is 2. The molecule has 1 aliphatic rings. The first kappa shape index (κ1) is 19.3. The third kappa shape index (κ3) is 4.97. The maximum atomic E-state index is 12.5. The number of benzene rings is 1. The molecule has 1 aliphatic carbocycles. The monoisotopic (exact) mass is 347 g/mol. The summed E-state index contributed by atoms with van der Waals surface area (Å²) in [5.74, 6) is 1.92. The molecule has 1 N–H and O–H groups in total. The molecule has 1 aromatic rings. The van der Waals surface area contributed by atoms with E-state index in [0.717, 1.165) is 19.1 Å². The lowest BCUT2D eigenvalue weighted by Gasteiger charge is -2.35. The van der Waals surface area contributed by atoms with Gasteiger partial charge < -0.3 is 14.8 Å². The average Bonchev–Trinajstić information content (AvgIpc) is 2.60. The summed E-state index contributed by atoms with van der Waals surface area (Å²) in [6, 6.07) is 5.15. The summed E-state index contributed by atoms with van der Waals surface area (Å²) in [6.07, 6.45) is 3.51. The molecule has 0 aromatic heterocycles. The largest absolute Gasteiger partial charge is 0.490 e. The predicted molar refractivity (Wildman–Crippen MR) is 97.2 cm³/mol. The van der Waals surface area contributed by atoms with E-state index in [1.54, 1.807) is 25.1 Å². The fraction of sp³-hybridized carbons (Fsp3) is 0.600. The lowest BCUT2D eigenvalue weighted by atomic mass is 9.78. The molecule has 1 fully saturated rings. The minimum atomic E-state index is -0.634. The zero-order valence-electron chi connectivity index (χ0n) is 15.6. The molecule has 25 heavy (non-hydrogen) atoms. The molecule has 0 radical (unpaired) electrons. The third-order valence-electron chi connectivity index (χ3n) is 5.11. The Morgan fingerprint density at radius 2 is 2.08 bits per heavy atom. The van der Waals surface area contributed by atoms with Crippen LogP contribution in [0.15, 0.2) is 18.2 Å². The summed E-state index contributed by atoms with van der Waals surface area (Å²) in [4.78, 5) is 23.4. The number of amides is 1. The molecule has 1 saturated carbocycles. The Bertz CT molecular complexity index is 601. The van der Waals surface area contributed by atoms with E-state index in [2.05, 4.69) is 19.2 Å². The van der Waals surface area contributed by atoms with E-state index in [1.165, 1.54) is 6.42 Å². The second-order valence-electron chi connectivity index (χ2n) is 6.90. The Morgan fingerprint density at radius 1 is 1.32 bits per heavy atom. The minimum Gasteiger partial charge on any atom is -0.490 e. The van der Waals surface area contributed by atoms with E-state index in [1.807, 2.05) is 6.92 Å². The summed E-state index contributed by atoms with van der Waals surface area (Å²) in [5.41, 5.74) is 0.512. The molecule has 0 unspecified atom stereocenters. The van der Waals surface area contributed by atoms with Gasteiger partial charge in [-0.1, -0.05) is 26.7 Å². The highest BCUT2D eigenvalue weighted by molar-refractivity contribution is 5.81.